The maximum Gasteiger partial charge on any atom is 0.274 e. The Morgan fingerprint density at radius 2 is 1.60 bits per heavy atom. The fraction of sp³-hybridized carbons (Fsp3) is 0.304. The molecule has 0 radical (unpaired) electrons. The molecule has 2 amide bonds. The molecular formula is C23H25N5O2. The van der Waals surface area contributed by atoms with Gasteiger partial charge in [-0.3, -0.25) is 14.6 Å². The van der Waals surface area contributed by atoms with Gasteiger partial charge in [-0.15, -0.1) is 0 Å². The van der Waals surface area contributed by atoms with Crippen molar-refractivity contribution in [2.24, 2.45) is 0 Å². The number of carbonyl (C=O) groups is 2. The number of carbonyl (C=O) groups excluding carboxylic acids is 2. The van der Waals surface area contributed by atoms with Crippen molar-refractivity contribution >= 4 is 11.8 Å². The topological polar surface area (TPSA) is 71.3 Å². The Balaban J connectivity index is 1.49. The van der Waals surface area contributed by atoms with Gasteiger partial charge < -0.3 is 14.4 Å². The van der Waals surface area contributed by atoms with Gasteiger partial charge in [0.2, 0.25) is 0 Å². The van der Waals surface area contributed by atoms with Gasteiger partial charge in [-0.05, 0) is 44.5 Å². The Kier molecular flexibility index (Phi) is 5.35. The van der Waals surface area contributed by atoms with Crippen molar-refractivity contribution in [2.75, 3.05) is 26.2 Å². The molecule has 1 saturated heterocycles. The number of aromatic nitrogens is 3. The van der Waals surface area contributed by atoms with Crippen LogP contribution in [0.15, 0.2) is 48.9 Å². The van der Waals surface area contributed by atoms with E-state index in [0.29, 0.717) is 37.4 Å². The first-order valence-corrected chi connectivity index (χ1v) is 10.1. The summed E-state index contributed by atoms with van der Waals surface area (Å²) >= 11 is 0. The lowest BCUT2D eigenvalue weighted by Gasteiger charge is -2.34. The minimum atomic E-state index is -0.146. The van der Waals surface area contributed by atoms with Crippen molar-refractivity contribution in [3.63, 3.8) is 0 Å². The van der Waals surface area contributed by atoms with Crippen molar-refractivity contribution in [1.82, 2.24) is 24.3 Å². The van der Waals surface area contributed by atoms with E-state index in [1.807, 2.05) is 30.9 Å². The maximum absolute atomic E-state index is 13.2. The van der Waals surface area contributed by atoms with Crippen molar-refractivity contribution in [1.29, 1.82) is 0 Å². The van der Waals surface area contributed by atoms with Gasteiger partial charge in [0, 0.05) is 55.6 Å². The molecule has 0 saturated carbocycles. The van der Waals surface area contributed by atoms with E-state index in [1.54, 1.807) is 11.1 Å². The molecule has 3 heterocycles. The highest BCUT2D eigenvalue weighted by atomic mass is 16.2. The Hall–Kier alpha value is -3.48. The lowest BCUT2D eigenvalue weighted by Crippen LogP contribution is -2.50. The second-order valence-corrected chi connectivity index (χ2v) is 7.63. The number of hydrogen-bond acceptors (Lipinski definition) is 4. The Labute approximate surface area is 176 Å². The standard InChI is InChI=1S/C23H25N5O2/c1-16-5-4-6-19(13-16)28-17(2)14-20(18(28)3)22(29)26-9-11-27(12-10-26)23(30)21-15-24-7-8-25-21/h4-8,13-15H,9-12H2,1-3H3. The van der Waals surface area contributed by atoms with Gasteiger partial charge in [-0.25, -0.2) is 4.98 Å². The SMILES string of the molecule is Cc1cccc(-n2c(C)cc(C(=O)N3CCN(C(=O)c4cnccn4)CC3)c2C)c1. The average Bonchev–Trinajstić information content (AvgIpc) is 3.07. The molecule has 4 rings (SSSR count). The van der Waals surface area contributed by atoms with Crippen molar-refractivity contribution in [3.05, 3.63) is 77.1 Å². The van der Waals surface area contributed by atoms with E-state index in [1.165, 1.54) is 18.0 Å². The molecule has 1 aliphatic rings. The summed E-state index contributed by atoms with van der Waals surface area (Å²) in [6.45, 7) is 8.03. The monoisotopic (exact) mass is 403 g/mol. The van der Waals surface area contributed by atoms with E-state index in [2.05, 4.69) is 39.7 Å². The van der Waals surface area contributed by atoms with Crippen LogP contribution >= 0.6 is 0 Å². The molecule has 0 spiro atoms. The number of rotatable bonds is 3. The Bertz CT molecular complexity index is 1080. The summed E-state index contributed by atoms with van der Waals surface area (Å²) < 4.78 is 2.12. The zero-order valence-corrected chi connectivity index (χ0v) is 17.5. The van der Waals surface area contributed by atoms with E-state index < -0.39 is 0 Å². The van der Waals surface area contributed by atoms with E-state index in [-0.39, 0.29) is 11.8 Å². The van der Waals surface area contributed by atoms with Gasteiger partial charge in [0.15, 0.2) is 0 Å². The van der Waals surface area contributed by atoms with Crippen molar-refractivity contribution < 1.29 is 9.59 Å². The number of amides is 2. The minimum Gasteiger partial charge on any atom is -0.335 e. The number of hydrogen-bond donors (Lipinski definition) is 0. The smallest absolute Gasteiger partial charge is 0.274 e. The summed E-state index contributed by atoms with van der Waals surface area (Å²) in [5.74, 6) is -0.138. The molecule has 0 atom stereocenters. The molecule has 1 aromatic carbocycles. The summed E-state index contributed by atoms with van der Waals surface area (Å²) in [6, 6.07) is 10.2. The largest absolute Gasteiger partial charge is 0.335 e. The third-order valence-electron chi connectivity index (χ3n) is 5.56. The van der Waals surface area contributed by atoms with Crippen LogP contribution in [-0.2, 0) is 0 Å². The van der Waals surface area contributed by atoms with Crippen LogP contribution in [0.2, 0.25) is 0 Å². The van der Waals surface area contributed by atoms with Crippen LogP contribution in [0.1, 0.15) is 37.8 Å². The van der Waals surface area contributed by atoms with E-state index in [0.717, 1.165) is 17.1 Å². The highest BCUT2D eigenvalue weighted by Gasteiger charge is 2.28. The predicted octanol–water partition coefficient (Wildman–Crippen LogP) is 2.79. The number of benzene rings is 1. The Morgan fingerprint density at radius 3 is 2.23 bits per heavy atom. The van der Waals surface area contributed by atoms with Gasteiger partial charge in [0.1, 0.15) is 5.69 Å². The molecule has 2 aromatic heterocycles. The van der Waals surface area contributed by atoms with Crippen LogP contribution in [0.4, 0.5) is 0 Å². The molecular weight excluding hydrogens is 378 g/mol. The second-order valence-electron chi connectivity index (χ2n) is 7.63. The summed E-state index contributed by atoms with van der Waals surface area (Å²) in [7, 11) is 0. The lowest BCUT2D eigenvalue weighted by molar-refractivity contribution is 0.0531. The molecule has 1 aliphatic heterocycles. The molecule has 154 valence electrons. The van der Waals surface area contributed by atoms with Crippen molar-refractivity contribution in [2.45, 2.75) is 20.8 Å². The molecule has 0 N–H and O–H groups in total. The van der Waals surface area contributed by atoms with E-state index in [9.17, 15) is 9.59 Å². The number of piperazine rings is 1. The van der Waals surface area contributed by atoms with Gasteiger partial charge >= 0.3 is 0 Å². The fourth-order valence-corrected chi connectivity index (χ4v) is 4.00. The van der Waals surface area contributed by atoms with Gasteiger partial charge in [-0.1, -0.05) is 12.1 Å². The quantitative estimate of drug-likeness (QED) is 0.674. The van der Waals surface area contributed by atoms with E-state index >= 15 is 0 Å². The molecule has 30 heavy (non-hydrogen) atoms. The van der Waals surface area contributed by atoms with Gasteiger partial charge in [-0.2, -0.15) is 0 Å². The third-order valence-corrected chi connectivity index (χ3v) is 5.56. The van der Waals surface area contributed by atoms with Crippen molar-refractivity contribution in [3.8, 4) is 5.69 Å². The average molecular weight is 403 g/mol. The molecule has 0 bridgehead atoms. The summed E-state index contributed by atoms with van der Waals surface area (Å²) in [6.07, 6.45) is 4.53. The molecule has 0 unspecified atom stereocenters. The highest BCUT2D eigenvalue weighted by molar-refractivity contribution is 5.96. The first-order chi connectivity index (χ1) is 14.5. The molecule has 1 fully saturated rings. The number of nitrogens with zero attached hydrogens (tertiary/aromatic N) is 5. The van der Waals surface area contributed by atoms with Crippen LogP contribution in [0, 0.1) is 20.8 Å². The van der Waals surface area contributed by atoms with Crippen LogP contribution in [0.3, 0.4) is 0 Å². The van der Waals surface area contributed by atoms with Crippen LogP contribution < -0.4 is 0 Å². The van der Waals surface area contributed by atoms with Crippen LogP contribution in [0.5, 0.6) is 0 Å². The zero-order valence-electron chi connectivity index (χ0n) is 17.5. The Morgan fingerprint density at radius 1 is 0.900 bits per heavy atom. The third kappa shape index (κ3) is 3.70. The molecule has 3 aromatic rings. The first-order valence-electron chi connectivity index (χ1n) is 10.1. The van der Waals surface area contributed by atoms with Crippen LogP contribution in [-0.4, -0.2) is 62.3 Å². The predicted molar refractivity (Wildman–Crippen MR) is 114 cm³/mol. The maximum atomic E-state index is 13.2. The van der Waals surface area contributed by atoms with Gasteiger partial charge in [0.25, 0.3) is 11.8 Å². The highest BCUT2D eigenvalue weighted by Crippen LogP contribution is 2.23. The zero-order chi connectivity index (χ0) is 21.3. The summed E-state index contributed by atoms with van der Waals surface area (Å²) in [5, 5.41) is 0. The summed E-state index contributed by atoms with van der Waals surface area (Å²) in [4.78, 5) is 37.4. The van der Waals surface area contributed by atoms with Crippen LogP contribution in [0.25, 0.3) is 5.69 Å². The molecule has 0 aliphatic carbocycles. The lowest BCUT2D eigenvalue weighted by atomic mass is 10.2. The van der Waals surface area contributed by atoms with E-state index in [4.69, 9.17) is 0 Å². The minimum absolute atomic E-state index is 0.00797. The molecule has 7 nitrogen and oxygen atoms in total. The normalized spacial score (nSPS) is 14.1. The second kappa shape index (κ2) is 8.10. The first kappa shape index (κ1) is 19.8. The fourth-order valence-electron chi connectivity index (χ4n) is 4.00. The number of aryl methyl sites for hydroxylation is 2. The summed E-state index contributed by atoms with van der Waals surface area (Å²) in [5.41, 5.74) is 5.24. The van der Waals surface area contributed by atoms with Gasteiger partial charge in [0.05, 0.1) is 11.8 Å². The molecule has 7 heteroatoms.